The highest BCUT2D eigenvalue weighted by Crippen LogP contribution is 2.11. The molecule has 1 heterocycles. The highest BCUT2D eigenvalue weighted by molar-refractivity contribution is 5.32. The molecule has 2 aromatic rings. The Balaban J connectivity index is 2.52. The molecule has 1 aromatic heterocycles. The Hall–Kier alpha value is -1.64. The largest absolute Gasteiger partial charge is 0.237 e. The van der Waals surface area contributed by atoms with Gasteiger partial charge in [-0.1, -0.05) is 12.1 Å². The molecule has 0 aliphatic carbocycles. The molecule has 0 saturated carbocycles. The second-order valence-corrected chi connectivity index (χ2v) is 2.82. The van der Waals surface area contributed by atoms with Gasteiger partial charge in [-0.05, 0) is 24.6 Å². The monoisotopic (exact) mass is 175 g/mol. The van der Waals surface area contributed by atoms with Crippen molar-refractivity contribution >= 4 is 0 Å². The van der Waals surface area contributed by atoms with E-state index in [9.17, 15) is 4.39 Å². The zero-order chi connectivity index (χ0) is 9.26. The Kier molecular flexibility index (Phi) is 1.85. The quantitative estimate of drug-likeness (QED) is 0.649. The molecule has 13 heavy (non-hydrogen) atoms. The zero-order valence-electron chi connectivity index (χ0n) is 7.16. The zero-order valence-corrected chi connectivity index (χ0v) is 7.16. The van der Waals surface area contributed by atoms with Crippen molar-refractivity contribution in [1.29, 1.82) is 0 Å². The number of rotatable bonds is 1. The minimum atomic E-state index is -0.279. The van der Waals surface area contributed by atoms with E-state index in [4.69, 9.17) is 0 Å². The van der Waals surface area contributed by atoms with Crippen LogP contribution < -0.4 is 0 Å². The third-order valence-electron chi connectivity index (χ3n) is 1.75. The molecule has 0 unspecified atom stereocenters. The molecule has 0 saturated heterocycles. The minimum Gasteiger partial charge on any atom is -0.237 e. The molecule has 1 aromatic carbocycles. The molecule has 0 aliphatic rings. The molecule has 1 radical (unpaired) electrons. The Labute approximate surface area is 75.6 Å². The normalized spacial score (nSPS) is 10.3. The Bertz CT molecular complexity index is 420. The van der Waals surface area contributed by atoms with Gasteiger partial charge in [-0.2, -0.15) is 5.10 Å². The molecule has 65 valence electrons. The molecular formula is C10H8FN2. The Morgan fingerprint density at radius 1 is 1.38 bits per heavy atom. The summed E-state index contributed by atoms with van der Waals surface area (Å²) in [5.74, 6) is -0.279. The van der Waals surface area contributed by atoms with Crippen LogP contribution in [-0.4, -0.2) is 9.78 Å². The van der Waals surface area contributed by atoms with Gasteiger partial charge in [-0.3, -0.25) is 0 Å². The van der Waals surface area contributed by atoms with Crippen LogP contribution in [0.1, 0.15) is 5.56 Å². The van der Waals surface area contributed by atoms with Gasteiger partial charge < -0.3 is 0 Å². The lowest BCUT2D eigenvalue weighted by atomic mass is 10.3. The van der Waals surface area contributed by atoms with E-state index in [1.54, 1.807) is 24.4 Å². The fourth-order valence-electron chi connectivity index (χ4n) is 1.13. The molecule has 2 nitrogen and oxygen atoms in total. The summed E-state index contributed by atoms with van der Waals surface area (Å²) in [5, 5.41) is 3.90. The first kappa shape index (κ1) is 7.98. The first-order valence-electron chi connectivity index (χ1n) is 3.96. The molecule has 0 bridgehead atoms. The summed E-state index contributed by atoms with van der Waals surface area (Å²) in [6.45, 7) is 1.87. The predicted molar refractivity (Wildman–Crippen MR) is 47.1 cm³/mol. The number of para-hydroxylation sites is 1. The van der Waals surface area contributed by atoms with Gasteiger partial charge >= 0.3 is 0 Å². The van der Waals surface area contributed by atoms with E-state index < -0.39 is 0 Å². The highest BCUT2D eigenvalue weighted by atomic mass is 19.1. The second-order valence-electron chi connectivity index (χ2n) is 2.82. The third-order valence-corrected chi connectivity index (χ3v) is 1.75. The number of hydrogen-bond donors (Lipinski definition) is 0. The van der Waals surface area contributed by atoms with Crippen molar-refractivity contribution in [3.63, 3.8) is 0 Å². The van der Waals surface area contributed by atoms with Crippen molar-refractivity contribution in [2.45, 2.75) is 6.92 Å². The fourth-order valence-corrected chi connectivity index (χ4v) is 1.13. The van der Waals surface area contributed by atoms with Gasteiger partial charge in [0.25, 0.3) is 0 Å². The van der Waals surface area contributed by atoms with Crippen LogP contribution in [0.4, 0.5) is 4.39 Å². The third kappa shape index (κ3) is 1.45. The number of hydrogen-bond acceptors (Lipinski definition) is 1. The lowest BCUT2D eigenvalue weighted by molar-refractivity contribution is 0.610. The maximum atomic E-state index is 13.2. The lowest BCUT2D eigenvalue weighted by Crippen LogP contribution is -1.96. The molecular weight excluding hydrogens is 167 g/mol. The smallest absolute Gasteiger partial charge is 0.148 e. The SMILES string of the molecule is Cc1[c]nn(-c2ccccc2F)c1. The number of benzene rings is 1. The van der Waals surface area contributed by atoms with Crippen molar-refractivity contribution in [1.82, 2.24) is 9.78 Å². The van der Waals surface area contributed by atoms with Crippen LogP contribution >= 0.6 is 0 Å². The van der Waals surface area contributed by atoms with Crippen molar-refractivity contribution < 1.29 is 4.39 Å². The minimum absolute atomic E-state index is 0.279. The van der Waals surface area contributed by atoms with Gasteiger partial charge in [0, 0.05) is 6.20 Å². The number of nitrogens with zero attached hydrogens (tertiary/aromatic N) is 2. The maximum absolute atomic E-state index is 13.2. The van der Waals surface area contributed by atoms with Crippen LogP contribution in [0.2, 0.25) is 0 Å². The fraction of sp³-hybridized carbons (Fsp3) is 0.100. The Morgan fingerprint density at radius 3 is 2.77 bits per heavy atom. The van der Waals surface area contributed by atoms with Crippen molar-refractivity contribution in [2.24, 2.45) is 0 Å². The molecule has 2 rings (SSSR count). The van der Waals surface area contributed by atoms with Crippen LogP contribution in [0.25, 0.3) is 5.69 Å². The van der Waals surface area contributed by atoms with Gasteiger partial charge in [0.2, 0.25) is 0 Å². The number of halogens is 1. The molecule has 0 spiro atoms. The van der Waals surface area contributed by atoms with E-state index in [1.165, 1.54) is 10.7 Å². The average molecular weight is 175 g/mol. The van der Waals surface area contributed by atoms with Crippen LogP contribution in [0.15, 0.2) is 30.5 Å². The molecule has 0 N–H and O–H groups in total. The van der Waals surface area contributed by atoms with Gasteiger partial charge in [-0.25, -0.2) is 9.07 Å². The van der Waals surface area contributed by atoms with E-state index in [0.29, 0.717) is 5.69 Å². The van der Waals surface area contributed by atoms with Crippen LogP contribution in [-0.2, 0) is 0 Å². The van der Waals surface area contributed by atoms with E-state index >= 15 is 0 Å². The highest BCUT2D eigenvalue weighted by Gasteiger charge is 2.03. The summed E-state index contributed by atoms with van der Waals surface area (Å²) in [6, 6.07) is 6.51. The van der Waals surface area contributed by atoms with E-state index in [0.717, 1.165) is 5.56 Å². The summed E-state index contributed by atoms with van der Waals surface area (Å²) in [7, 11) is 0. The van der Waals surface area contributed by atoms with Gasteiger partial charge in [0.1, 0.15) is 17.7 Å². The van der Waals surface area contributed by atoms with Crippen molar-refractivity contribution in [3.05, 3.63) is 48.0 Å². The number of aryl methyl sites for hydroxylation is 1. The first-order valence-corrected chi connectivity index (χ1v) is 3.96. The van der Waals surface area contributed by atoms with Gasteiger partial charge in [0.15, 0.2) is 0 Å². The first-order chi connectivity index (χ1) is 6.27. The lowest BCUT2D eigenvalue weighted by Gasteiger charge is -2.00. The van der Waals surface area contributed by atoms with E-state index in [1.807, 2.05) is 6.92 Å². The summed E-state index contributed by atoms with van der Waals surface area (Å²) in [5.41, 5.74) is 1.34. The molecule has 0 aliphatic heterocycles. The summed E-state index contributed by atoms with van der Waals surface area (Å²) in [4.78, 5) is 0. The van der Waals surface area contributed by atoms with Crippen LogP contribution in [0.3, 0.4) is 0 Å². The van der Waals surface area contributed by atoms with Gasteiger partial charge in [-0.15, -0.1) is 0 Å². The van der Waals surface area contributed by atoms with E-state index in [-0.39, 0.29) is 5.82 Å². The number of aromatic nitrogens is 2. The molecule has 0 atom stereocenters. The standard InChI is InChI=1S/C10H8FN2/c1-8-6-12-13(7-8)10-5-3-2-4-9(10)11/h2-5,7H,1H3. The molecule has 0 fully saturated rings. The topological polar surface area (TPSA) is 17.8 Å². The van der Waals surface area contributed by atoms with Crippen molar-refractivity contribution in [3.8, 4) is 5.69 Å². The summed E-state index contributed by atoms with van der Waals surface area (Å²) in [6.07, 6.45) is 4.48. The summed E-state index contributed by atoms with van der Waals surface area (Å²) < 4.78 is 14.7. The maximum Gasteiger partial charge on any atom is 0.148 e. The van der Waals surface area contributed by atoms with Crippen molar-refractivity contribution in [2.75, 3.05) is 0 Å². The van der Waals surface area contributed by atoms with Crippen LogP contribution in [0.5, 0.6) is 0 Å². The molecule has 0 amide bonds. The Morgan fingerprint density at radius 2 is 2.15 bits per heavy atom. The van der Waals surface area contributed by atoms with E-state index in [2.05, 4.69) is 11.3 Å². The average Bonchev–Trinajstić information content (AvgIpc) is 2.53. The van der Waals surface area contributed by atoms with Crippen LogP contribution in [0, 0.1) is 18.9 Å². The predicted octanol–water partition coefficient (Wildman–Crippen LogP) is 2.12. The van der Waals surface area contributed by atoms with Gasteiger partial charge in [0.05, 0.1) is 0 Å². The second kappa shape index (κ2) is 3.01. The molecule has 3 heteroatoms. The summed E-state index contributed by atoms with van der Waals surface area (Å²) >= 11 is 0.